The molecule has 3 N–H and O–H groups in total. The molecule has 3 rings (SSSR count). The number of nitrogens with one attached hydrogen (secondary N) is 1. The van der Waals surface area contributed by atoms with Gasteiger partial charge in [-0.2, -0.15) is 0 Å². The topological polar surface area (TPSA) is 81.2 Å². The van der Waals surface area contributed by atoms with Crippen LogP contribution in [0.5, 0.6) is 0 Å². The molecular weight excluding hydrogens is 290 g/mol. The zero-order chi connectivity index (χ0) is 16.2. The minimum absolute atomic E-state index is 0.211. The van der Waals surface area contributed by atoms with E-state index in [2.05, 4.69) is 17.2 Å². The molecule has 1 amide bonds. The molecule has 5 nitrogen and oxygen atoms in total. The SMILES string of the molecule is CCc1ccc(NC(=O)c2coc(-c3ccccc3N)n2)cc1. The first-order valence-corrected chi connectivity index (χ1v) is 7.38. The van der Waals surface area contributed by atoms with Crippen molar-refractivity contribution in [2.24, 2.45) is 0 Å². The number of carbonyl (C=O) groups excluding carboxylic acids is 1. The van der Waals surface area contributed by atoms with Crippen molar-refractivity contribution in [2.45, 2.75) is 13.3 Å². The number of para-hydroxylation sites is 1. The highest BCUT2D eigenvalue weighted by Gasteiger charge is 2.15. The summed E-state index contributed by atoms with van der Waals surface area (Å²) in [5.41, 5.74) is 9.25. The highest BCUT2D eigenvalue weighted by molar-refractivity contribution is 6.03. The van der Waals surface area contributed by atoms with Crippen LogP contribution >= 0.6 is 0 Å². The molecule has 0 aliphatic rings. The molecule has 0 radical (unpaired) electrons. The number of nitrogens with zero attached hydrogens (tertiary/aromatic N) is 1. The summed E-state index contributed by atoms with van der Waals surface area (Å²) in [5, 5.41) is 2.80. The van der Waals surface area contributed by atoms with Gasteiger partial charge in [0.05, 0.1) is 5.56 Å². The first kappa shape index (κ1) is 14.8. The summed E-state index contributed by atoms with van der Waals surface area (Å²) in [6.07, 6.45) is 2.29. The molecule has 0 saturated heterocycles. The maximum absolute atomic E-state index is 12.2. The lowest BCUT2D eigenvalue weighted by Crippen LogP contribution is -2.12. The van der Waals surface area contributed by atoms with Crippen LogP contribution in [0.25, 0.3) is 11.5 Å². The number of nitrogens with two attached hydrogens (primary N) is 1. The van der Waals surface area contributed by atoms with Crippen molar-refractivity contribution in [3.63, 3.8) is 0 Å². The molecule has 5 heteroatoms. The molecule has 0 saturated carbocycles. The predicted molar refractivity (Wildman–Crippen MR) is 90.1 cm³/mol. The number of amides is 1. The van der Waals surface area contributed by atoms with Gasteiger partial charge in [-0.1, -0.05) is 31.2 Å². The minimum atomic E-state index is -0.321. The first-order chi connectivity index (χ1) is 11.2. The number of aryl methyl sites for hydroxylation is 1. The van der Waals surface area contributed by atoms with Crippen molar-refractivity contribution in [1.82, 2.24) is 4.98 Å². The number of nitrogen functional groups attached to an aromatic ring is 1. The van der Waals surface area contributed by atoms with Crippen molar-refractivity contribution in [1.29, 1.82) is 0 Å². The minimum Gasteiger partial charge on any atom is -0.444 e. The fourth-order valence-corrected chi connectivity index (χ4v) is 2.21. The van der Waals surface area contributed by atoms with Crippen LogP contribution in [0, 0.1) is 0 Å². The lowest BCUT2D eigenvalue weighted by atomic mass is 10.1. The second-order valence-corrected chi connectivity index (χ2v) is 5.13. The van der Waals surface area contributed by atoms with Crippen LogP contribution in [0.3, 0.4) is 0 Å². The second kappa shape index (κ2) is 6.36. The van der Waals surface area contributed by atoms with E-state index in [0.717, 1.165) is 12.1 Å². The molecule has 1 heterocycles. The predicted octanol–water partition coefficient (Wildman–Crippen LogP) is 3.74. The molecule has 0 atom stereocenters. The van der Waals surface area contributed by atoms with E-state index in [1.807, 2.05) is 36.4 Å². The van der Waals surface area contributed by atoms with Crippen LogP contribution in [0.1, 0.15) is 23.0 Å². The molecule has 23 heavy (non-hydrogen) atoms. The van der Waals surface area contributed by atoms with Crippen LogP contribution in [0.15, 0.2) is 59.2 Å². The van der Waals surface area contributed by atoms with Crippen molar-refractivity contribution in [2.75, 3.05) is 11.1 Å². The van der Waals surface area contributed by atoms with Gasteiger partial charge in [0.2, 0.25) is 5.89 Å². The summed E-state index contributed by atoms with van der Waals surface area (Å²) in [6, 6.07) is 14.9. The molecule has 0 unspecified atom stereocenters. The number of hydrogen-bond donors (Lipinski definition) is 2. The van der Waals surface area contributed by atoms with Crippen molar-refractivity contribution in [3.8, 4) is 11.5 Å². The summed E-state index contributed by atoms with van der Waals surface area (Å²) >= 11 is 0. The van der Waals surface area contributed by atoms with Crippen LogP contribution in [0.4, 0.5) is 11.4 Å². The Kier molecular flexibility index (Phi) is 4.10. The van der Waals surface area contributed by atoms with E-state index in [4.69, 9.17) is 10.2 Å². The van der Waals surface area contributed by atoms with Gasteiger partial charge in [-0.15, -0.1) is 0 Å². The normalized spacial score (nSPS) is 10.5. The fourth-order valence-electron chi connectivity index (χ4n) is 2.21. The van der Waals surface area contributed by atoms with Gasteiger partial charge in [0.1, 0.15) is 6.26 Å². The van der Waals surface area contributed by atoms with Crippen molar-refractivity contribution < 1.29 is 9.21 Å². The molecule has 0 aliphatic heterocycles. The third kappa shape index (κ3) is 3.23. The van der Waals surface area contributed by atoms with E-state index in [9.17, 15) is 4.79 Å². The molecule has 116 valence electrons. The van der Waals surface area contributed by atoms with Gasteiger partial charge in [0.25, 0.3) is 5.91 Å². The summed E-state index contributed by atoms with van der Waals surface area (Å²) in [7, 11) is 0. The van der Waals surface area contributed by atoms with Gasteiger partial charge >= 0.3 is 0 Å². The molecule has 2 aromatic carbocycles. The summed E-state index contributed by atoms with van der Waals surface area (Å²) < 4.78 is 5.37. The fraction of sp³-hybridized carbons (Fsp3) is 0.111. The van der Waals surface area contributed by atoms with Crippen LogP contribution < -0.4 is 11.1 Å². The van der Waals surface area contributed by atoms with E-state index in [1.54, 1.807) is 12.1 Å². The van der Waals surface area contributed by atoms with Gasteiger partial charge < -0.3 is 15.5 Å². The molecular formula is C18H17N3O2. The van der Waals surface area contributed by atoms with Gasteiger partial charge in [-0.05, 0) is 36.2 Å². The van der Waals surface area contributed by atoms with Crippen LogP contribution in [-0.2, 0) is 6.42 Å². The molecule has 0 fully saturated rings. The number of aromatic nitrogens is 1. The van der Waals surface area contributed by atoms with Crippen LogP contribution in [0.2, 0.25) is 0 Å². The largest absolute Gasteiger partial charge is 0.444 e. The van der Waals surface area contributed by atoms with Crippen molar-refractivity contribution >= 4 is 17.3 Å². The number of carbonyl (C=O) groups is 1. The molecule has 1 aromatic heterocycles. The third-order valence-electron chi connectivity index (χ3n) is 3.55. The Bertz CT molecular complexity index is 822. The van der Waals surface area contributed by atoms with E-state index in [1.165, 1.54) is 11.8 Å². The van der Waals surface area contributed by atoms with Gasteiger partial charge in [0.15, 0.2) is 5.69 Å². The number of oxazole rings is 1. The van der Waals surface area contributed by atoms with E-state index >= 15 is 0 Å². The summed E-state index contributed by atoms with van der Waals surface area (Å²) in [5.74, 6) is 0.00771. The maximum Gasteiger partial charge on any atom is 0.277 e. The molecule has 0 bridgehead atoms. The Morgan fingerprint density at radius 1 is 1.17 bits per heavy atom. The lowest BCUT2D eigenvalue weighted by molar-refractivity contribution is 0.102. The average molecular weight is 307 g/mol. The van der Waals surface area contributed by atoms with Gasteiger partial charge in [-0.25, -0.2) is 4.98 Å². The Labute approximate surface area is 134 Å². The zero-order valence-electron chi connectivity index (χ0n) is 12.7. The van der Waals surface area contributed by atoms with Gasteiger partial charge in [0, 0.05) is 11.4 Å². The Morgan fingerprint density at radius 2 is 1.91 bits per heavy atom. The average Bonchev–Trinajstić information content (AvgIpc) is 3.06. The standard InChI is InChI=1S/C18H17N3O2/c1-2-12-7-9-13(10-8-12)20-17(22)16-11-23-18(21-16)14-5-3-4-6-15(14)19/h3-11H,2,19H2,1H3,(H,20,22). The Hall–Kier alpha value is -3.08. The molecule has 3 aromatic rings. The third-order valence-corrected chi connectivity index (χ3v) is 3.55. The highest BCUT2D eigenvalue weighted by atomic mass is 16.3. The second-order valence-electron chi connectivity index (χ2n) is 5.13. The number of benzene rings is 2. The quantitative estimate of drug-likeness (QED) is 0.719. The van der Waals surface area contributed by atoms with E-state index in [-0.39, 0.29) is 11.6 Å². The summed E-state index contributed by atoms with van der Waals surface area (Å²) in [4.78, 5) is 16.4. The van der Waals surface area contributed by atoms with E-state index in [0.29, 0.717) is 17.1 Å². The first-order valence-electron chi connectivity index (χ1n) is 7.38. The smallest absolute Gasteiger partial charge is 0.277 e. The zero-order valence-corrected chi connectivity index (χ0v) is 12.7. The molecule has 0 aliphatic carbocycles. The number of rotatable bonds is 4. The monoisotopic (exact) mass is 307 g/mol. The van der Waals surface area contributed by atoms with Gasteiger partial charge in [-0.3, -0.25) is 4.79 Å². The Balaban J connectivity index is 1.77. The Morgan fingerprint density at radius 3 is 2.61 bits per heavy atom. The highest BCUT2D eigenvalue weighted by Crippen LogP contribution is 2.24. The van der Waals surface area contributed by atoms with E-state index < -0.39 is 0 Å². The summed E-state index contributed by atoms with van der Waals surface area (Å²) in [6.45, 7) is 2.08. The maximum atomic E-state index is 12.2. The lowest BCUT2D eigenvalue weighted by Gasteiger charge is -2.03. The number of hydrogen-bond acceptors (Lipinski definition) is 4. The number of anilines is 2. The van der Waals surface area contributed by atoms with Crippen molar-refractivity contribution in [3.05, 3.63) is 66.1 Å². The molecule has 0 spiro atoms. The van der Waals surface area contributed by atoms with Crippen LogP contribution in [-0.4, -0.2) is 10.9 Å².